The van der Waals surface area contributed by atoms with Crippen molar-refractivity contribution < 1.29 is 9.90 Å². The van der Waals surface area contributed by atoms with Gasteiger partial charge in [-0.25, -0.2) is 4.79 Å². The minimum absolute atomic E-state index is 0.125. The fourth-order valence-corrected chi connectivity index (χ4v) is 2.95. The van der Waals surface area contributed by atoms with Gasteiger partial charge in [0.15, 0.2) is 0 Å². The largest absolute Gasteiger partial charge is 0.396 e. The van der Waals surface area contributed by atoms with Gasteiger partial charge in [0.2, 0.25) is 0 Å². The van der Waals surface area contributed by atoms with E-state index in [9.17, 15) is 4.79 Å². The zero-order chi connectivity index (χ0) is 14.7. The lowest BCUT2D eigenvalue weighted by Gasteiger charge is -2.22. The zero-order valence-corrected chi connectivity index (χ0v) is 12.8. The molecule has 0 aliphatic carbocycles. The number of rotatable bonds is 3. The number of carbonyl (C=O) groups excluding carboxylic acids is 1. The number of nitrogens with zero attached hydrogens (tertiary/aromatic N) is 1. The average Bonchev–Trinajstić information content (AvgIpc) is 2.87. The minimum Gasteiger partial charge on any atom is -0.396 e. The number of nitrogens with one attached hydrogen (secondary N) is 1. The summed E-state index contributed by atoms with van der Waals surface area (Å²) in [6.07, 6.45) is 0.847. The Morgan fingerprint density at radius 2 is 2.30 bits per heavy atom. The van der Waals surface area contributed by atoms with Gasteiger partial charge in [0.25, 0.3) is 0 Å². The van der Waals surface area contributed by atoms with Crippen molar-refractivity contribution in [1.82, 2.24) is 10.2 Å². The van der Waals surface area contributed by atoms with Crippen molar-refractivity contribution in [2.24, 2.45) is 5.92 Å². The lowest BCUT2D eigenvalue weighted by atomic mass is 10.1. The van der Waals surface area contributed by atoms with E-state index < -0.39 is 0 Å². The van der Waals surface area contributed by atoms with Crippen molar-refractivity contribution in [3.8, 4) is 0 Å². The molecule has 2 atom stereocenters. The molecule has 2 rings (SSSR count). The Morgan fingerprint density at radius 1 is 1.55 bits per heavy atom. The molecule has 1 heterocycles. The van der Waals surface area contributed by atoms with Crippen molar-refractivity contribution in [2.45, 2.75) is 19.4 Å². The summed E-state index contributed by atoms with van der Waals surface area (Å²) >= 11 is 12.0. The van der Waals surface area contributed by atoms with E-state index in [1.54, 1.807) is 17.0 Å². The Labute approximate surface area is 128 Å². The van der Waals surface area contributed by atoms with Crippen molar-refractivity contribution in [2.75, 3.05) is 19.7 Å². The molecular formula is C14H18Cl2N2O2. The first-order chi connectivity index (χ1) is 9.51. The molecule has 2 N–H and O–H groups in total. The molecule has 4 nitrogen and oxygen atoms in total. The molecule has 1 fully saturated rings. The van der Waals surface area contributed by atoms with Gasteiger partial charge in [-0.2, -0.15) is 0 Å². The fraction of sp³-hybridized carbons (Fsp3) is 0.500. The maximum atomic E-state index is 12.1. The lowest BCUT2D eigenvalue weighted by Crippen LogP contribution is -2.39. The number of aliphatic hydroxyl groups excluding tert-OH is 1. The SMILES string of the molecule is CC(NC(=O)N1CCC(CO)C1)c1ccc(Cl)cc1Cl. The van der Waals surface area contributed by atoms with Crippen LogP contribution in [-0.2, 0) is 0 Å². The first kappa shape index (κ1) is 15.4. The van der Waals surface area contributed by atoms with Crippen molar-refractivity contribution >= 4 is 29.2 Å². The predicted octanol–water partition coefficient (Wildman–Crippen LogP) is 3.08. The molecule has 2 amide bonds. The minimum atomic E-state index is -0.194. The van der Waals surface area contributed by atoms with Gasteiger partial charge in [-0.05, 0) is 31.0 Å². The van der Waals surface area contributed by atoms with Crippen LogP contribution in [0.4, 0.5) is 4.79 Å². The predicted molar refractivity (Wildman–Crippen MR) is 80.2 cm³/mol. The van der Waals surface area contributed by atoms with E-state index in [2.05, 4.69) is 5.32 Å². The highest BCUT2D eigenvalue weighted by molar-refractivity contribution is 6.35. The summed E-state index contributed by atoms with van der Waals surface area (Å²) in [4.78, 5) is 13.9. The Morgan fingerprint density at radius 3 is 2.90 bits per heavy atom. The Kier molecular flexibility index (Phi) is 5.13. The Bertz CT molecular complexity index is 496. The summed E-state index contributed by atoms with van der Waals surface area (Å²) in [5.41, 5.74) is 0.835. The number of carbonyl (C=O) groups is 1. The van der Waals surface area contributed by atoms with E-state index in [-0.39, 0.29) is 24.6 Å². The summed E-state index contributed by atoms with van der Waals surface area (Å²) in [5.74, 6) is 0.190. The van der Waals surface area contributed by atoms with E-state index in [4.69, 9.17) is 28.3 Å². The Balaban J connectivity index is 1.97. The molecule has 0 spiro atoms. The first-order valence-electron chi connectivity index (χ1n) is 6.62. The number of aliphatic hydroxyl groups is 1. The molecule has 1 aromatic carbocycles. The summed E-state index contributed by atoms with van der Waals surface area (Å²) in [6.45, 7) is 3.29. The maximum Gasteiger partial charge on any atom is 0.317 e. The van der Waals surface area contributed by atoms with Gasteiger partial charge in [0.05, 0.1) is 6.04 Å². The van der Waals surface area contributed by atoms with E-state index >= 15 is 0 Å². The van der Waals surface area contributed by atoms with Crippen LogP contribution in [0.25, 0.3) is 0 Å². The van der Waals surface area contributed by atoms with Gasteiger partial charge in [0.1, 0.15) is 0 Å². The average molecular weight is 317 g/mol. The van der Waals surface area contributed by atoms with Crippen LogP contribution in [0.15, 0.2) is 18.2 Å². The highest BCUT2D eigenvalue weighted by atomic mass is 35.5. The number of likely N-dealkylation sites (tertiary alicyclic amines) is 1. The van der Waals surface area contributed by atoms with Crippen LogP contribution in [0.2, 0.25) is 10.0 Å². The second-order valence-electron chi connectivity index (χ2n) is 5.12. The van der Waals surface area contributed by atoms with Crippen LogP contribution in [0.1, 0.15) is 24.9 Å². The summed E-state index contributed by atoms with van der Waals surface area (Å²) in [6, 6.07) is 4.91. The van der Waals surface area contributed by atoms with Gasteiger partial charge in [0, 0.05) is 35.7 Å². The second kappa shape index (κ2) is 6.66. The van der Waals surface area contributed by atoms with E-state index in [0.717, 1.165) is 12.0 Å². The van der Waals surface area contributed by atoms with Gasteiger partial charge in [-0.3, -0.25) is 0 Å². The molecule has 0 saturated carbocycles. The number of hydrogen-bond donors (Lipinski definition) is 2. The molecule has 110 valence electrons. The number of benzene rings is 1. The van der Waals surface area contributed by atoms with Gasteiger partial charge < -0.3 is 15.3 Å². The molecule has 20 heavy (non-hydrogen) atoms. The zero-order valence-electron chi connectivity index (χ0n) is 11.3. The molecule has 6 heteroatoms. The van der Waals surface area contributed by atoms with Crippen LogP contribution < -0.4 is 5.32 Å². The van der Waals surface area contributed by atoms with E-state index in [1.807, 2.05) is 13.0 Å². The molecular weight excluding hydrogens is 299 g/mol. The van der Waals surface area contributed by atoms with E-state index in [1.165, 1.54) is 0 Å². The van der Waals surface area contributed by atoms with Crippen LogP contribution in [0.5, 0.6) is 0 Å². The van der Waals surface area contributed by atoms with Crippen LogP contribution in [0.3, 0.4) is 0 Å². The molecule has 0 radical (unpaired) electrons. The van der Waals surface area contributed by atoms with Gasteiger partial charge in [-0.1, -0.05) is 29.3 Å². The van der Waals surface area contributed by atoms with Gasteiger partial charge in [-0.15, -0.1) is 0 Å². The van der Waals surface area contributed by atoms with Crippen molar-refractivity contribution in [3.05, 3.63) is 33.8 Å². The molecule has 1 saturated heterocycles. The highest BCUT2D eigenvalue weighted by Crippen LogP contribution is 2.26. The molecule has 1 aromatic rings. The lowest BCUT2D eigenvalue weighted by molar-refractivity contribution is 0.195. The first-order valence-corrected chi connectivity index (χ1v) is 7.38. The maximum absolute atomic E-state index is 12.1. The van der Waals surface area contributed by atoms with Crippen LogP contribution >= 0.6 is 23.2 Å². The Hall–Kier alpha value is -0.970. The van der Waals surface area contributed by atoms with Crippen LogP contribution in [0, 0.1) is 5.92 Å². The van der Waals surface area contributed by atoms with Gasteiger partial charge >= 0.3 is 6.03 Å². The molecule has 1 aliphatic rings. The van der Waals surface area contributed by atoms with E-state index in [0.29, 0.717) is 23.1 Å². The third-order valence-electron chi connectivity index (χ3n) is 3.60. The molecule has 0 aromatic heterocycles. The number of urea groups is 1. The summed E-state index contributed by atoms with van der Waals surface area (Å²) < 4.78 is 0. The molecule has 1 aliphatic heterocycles. The summed E-state index contributed by atoms with van der Waals surface area (Å²) in [7, 11) is 0. The highest BCUT2D eigenvalue weighted by Gasteiger charge is 2.26. The number of amides is 2. The van der Waals surface area contributed by atoms with Crippen molar-refractivity contribution in [1.29, 1.82) is 0 Å². The topological polar surface area (TPSA) is 52.6 Å². The normalized spacial score (nSPS) is 20.0. The smallest absolute Gasteiger partial charge is 0.317 e. The van der Waals surface area contributed by atoms with Crippen LogP contribution in [-0.4, -0.2) is 35.7 Å². The summed E-state index contributed by atoms with van der Waals surface area (Å²) in [5, 5.41) is 13.1. The number of halogens is 2. The second-order valence-corrected chi connectivity index (χ2v) is 5.96. The number of hydrogen-bond acceptors (Lipinski definition) is 2. The molecule has 0 bridgehead atoms. The standard InChI is InChI=1S/C14H18Cl2N2O2/c1-9(12-3-2-11(15)6-13(12)16)17-14(20)18-5-4-10(7-18)8-19/h2-3,6,9-10,19H,4-5,7-8H2,1H3,(H,17,20). The van der Waals surface area contributed by atoms with Crippen molar-refractivity contribution in [3.63, 3.8) is 0 Å². The quantitative estimate of drug-likeness (QED) is 0.900. The fourth-order valence-electron chi connectivity index (χ4n) is 2.37. The molecule has 2 unspecified atom stereocenters. The monoisotopic (exact) mass is 316 g/mol. The third kappa shape index (κ3) is 3.57. The third-order valence-corrected chi connectivity index (χ3v) is 4.16.